The first kappa shape index (κ1) is 16.9. The fourth-order valence-electron chi connectivity index (χ4n) is 2.42. The van der Waals surface area contributed by atoms with Crippen LogP contribution in [-0.4, -0.2) is 24.3 Å². The molecule has 0 aliphatic carbocycles. The number of rotatable bonds is 7. The number of carboxylic acids is 1. The van der Waals surface area contributed by atoms with Gasteiger partial charge in [0, 0.05) is 0 Å². The smallest absolute Gasteiger partial charge is 0.335 e. The van der Waals surface area contributed by atoms with Crippen molar-refractivity contribution < 1.29 is 19.4 Å². The van der Waals surface area contributed by atoms with Gasteiger partial charge in [0.15, 0.2) is 0 Å². The molecule has 0 aromatic heterocycles. The molecule has 23 heavy (non-hydrogen) atoms. The lowest BCUT2D eigenvalue weighted by atomic mass is 9.98. The molecule has 2 rings (SSSR count). The van der Waals surface area contributed by atoms with Crippen LogP contribution in [0.25, 0.3) is 0 Å². The molecule has 0 aliphatic heterocycles. The molecule has 4 heteroatoms. The van der Waals surface area contributed by atoms with Crippen molar-refractivity contribution in [2.75, 3.05) is 13.2 Å². The van der Waals surface area contributed by atoms with E-state index in [1.54, 1.807) is 12.1 Å². The monoisotopic (exact) mass is 314 g/mol. The van der Waals surface area contributed by atoms with E-state index in [-0.39, 0.29) is 5.56 Å². The molecule has 122 valence electrons. The quantitative estimate of drug-likeness (QED) is 0.775. The third-order valence-corrected chi connectivity index (χ3v) is 3.57. The molecule has 0 amide bonds. The molecule has 0 aliphatic rings. The molecule has 0 saturated carbocycles. The van der Waals surface area contributed by atoms with E-state index in [2.05, 4.69) is 26.8 Å². The summed E-state index contributed by atoms with van der Waals surface area (Å²) in [5.74, 6) is 0.871. The summed E-state index contributed by atoms with van der Waals surface area (Å²) in [4.78, 5) is 10.9. The van der Waals surface area contributed by atoms with Crippen molar-refractivity contribution in [1.82, 2.24) is 0 Å². The van der Waals surface area contributed by atoms with Gasteiger partial charge in [0.2, 0.25) is 0 Å². The average molecular weight is 314 g/mol. The summed E-state index contributed by atoms with van der Waals surface area (Å²) in [6, 6.07) is 12.5. The highest BCUT2D eigenvalue weighted by atomic mass is 16.5. The normalized spacial score (nSPS) is 10.6. The minimum atomic E-state index is -0.965. The van der Waals surface area contributed by atoms with Gasteiger partial charge in [-0.1, -0.05) is 26.0 Å². The largest absolute Gasteiger partial charge is 0.490 e. The van der Waals surface area contributed by atoms with Crippen LogP contribution in [0.1, 0.15) is 41.3 Å². The van der Waals surface area contributed by atoms with Crippen LogP contribution in [0.2, 0.25) is 0 Å². The number of hydrogen-bond acceptors (Lipinski definition) is 3. The zero-order valence-corrected chi connectivity index (χ0v) is 13.7. The van der Waals surface area contributed by atoms with Crippen LogP contribution in [0.4, 0.5) is 0 Å². The minimum absolute atomic E-state index is 0.211. The lowest BCUT2D eigenvalue weighted by Gasteiger charge is -2.13. The van der Waals surface area contributed by atoms with Crippen molar-refractivity contribution in [2.24, 2.45) is 0 Å². The van der Waals surface area contributed by atoms with Crippen LogP contribution < -0.4 is 9.47 Å². The molecule has 0 fully saturated rings. The standard InChI is InChI=1S/C19H22O4/c1-13(2)18-8-7-17(11-14(18)3)23-10-9-22-16-6-4-5-15(12-16)19(20)21/h4-8,11-13H,9-10H2,1-3H3,(H,20,21). The van der Waals surface area contributed by atoms with Crippen LogP contribution in [0.15, 0.2) is 42.5 Å². The predicted octanol–water partition coefficient (Wildman–Crippen LogP) is 4.27. The Morgan fingerprint density at radius 1 is 1.04 bits per heavy atom. The third kappa shape index (κ3) is 4.74. The highest BCUT2D eigenvalue weighted by molar-refractivity contribution is 5.87. The highest BCUT2D eigenvalue weighted by Gasteiger charge is 2.06. The number of aryl methyl sites for hydroxylation is 1. The maximum Gasteiger partial charge on any atom is 0.335 e. The van der Waals surface area contributed by atoms with Crippen LogP contribution in [0.5, 0.6) is 11.5 Å². The summed E-state index contributed by atoms with van der Waals surface area (Å²) in [7, 11) is 0. The molecular weight excluding hydrogens is 292 g/mol. The maximum absolute atomic E-state index is 10.9. The maximum atomic E-state index is 10.9. The van der Waals surface area contributed by atoms with Crippen molar-refractivity contribution >= 4 is 5.97 Å². The minimum Gasteiger partial charge on any atom is -0.490 e. The average Bonchev–Trinajstić information content (AvgIpc) is 2.51. The molecule has 1 N–H and O–H groups in total. The van der Waals surface area contributed by atoms with Crippen molar-refractivity contribution in [3.63, 3.8) is 0 Å². The topological polar surface area (TPSA) is 55.8 Å². The van der Waals surface area contributed by atoms with Gasteiger partial charge < -0.3 is 14.6 Å². The van der Waals surface area contributed by atoms with Gasteiger partial charge >= 0.3 is 5.97 Å². The molecule has 0 bridgehead atoms. The fourth-order valence-corrected chi connectivity index (χ4v) is 2.42. The Morgan fingerprint density at radius 3 is 2.26 bits per heavy atom. The van der Waals surface area contributed by atoms with E-state index in [1.807, 2.05) is 12.1 Å². The molecule has 2 aromatic rings. The number of benzene rings is 2. The zero-order valence-electron chi connectivity index (χ0n) is 13.7. The Balaban J connectivity index is 1.85. The summed E-state index contributed by atoms with van der Waals surface area (Å²) in [6.45, 7) is 7.17. The van der Waals surface area contributed by atoms with E-state index in [0.717, 1.165) is 5.75 Å². The summed E-state index contributed by atoms with van der Waals surface area (Å²) in [5.41, 5.74) is 2.75. The van der Waals surface area contributed by atoms with Crippen molar-refractivity contribution in [1.29, 1.82) is 0 Å². The van der Waals surface area contributed by atoms with Gasteiger partial charge in [-0.2, -0.15) is 0 Å². The number of aromatic carboxylic acids is 1. The van der Waals surface area contributed by atoms with Gasteiger partial charge in [-0.25, -0.2) is 4.79 Å². The molecule has 0 spiro atoms. The molecule has 2 aromatic carbocycles. The third-order valence-electron chi connectivity index (χ3n) is 3.57. The summed E-state index contributed by atoms with van der Waals surface area (Å²) >= 11 is 0. The molecule has 4 nitrogen and oxygen atoms in total. The number of carbonyl (C=O) groups is 1. The predicted molar refractivity (Wildman–Crippen MR) is 89.7 cm³/mol. The van der Waals surface area contributed by atoms with Gasteiger partial charge in [-0.05, 0) is 54.3 Å². The van der Waals surface area contributed by atoms with Crippen molar-refractivity contribution in [3.8, 4) is 11.5 Å². The first-order valence-corrected chi connectivity index (χ1v) is 7.67. The summed E-state index contributed by atoms with van der Waals surface area (Å²) < 4.78 is 11.2. The molecule has 0 saturated heterocycles. The second kappa shape index (κ2) is 7.68. The van der Waals surface area contributed by atoms with Gasteiger partial charge in [-0.3, -0.25) is 0 Å². The fraction of sp³-hybridized carbons (Fsp3) is 0.316. The van der Waals surface area contributed by atoms with Gasteiger partial charge in [-0.15, -0.1) is 0 Å². The van der Waals surface area contributed by atoms with Gasteiger partial charge in [0.1, 0.15) is 24.7 Å². The second-order valence-corrected chi connectivity index (χ2v) is 5.70. The Morgan fingerprint density at radius 2 is 1.70 bits per heavy atom. The van der Waals surface area contributed by atoms with Crippen molar-refractivity contribution in [3.05, 3.63) is 59.2 Å². The van der Waals surface area contributed by atoms with Crippen LogP contribution in [-0.2, 0) is 0 Å². The van der Waals surface area contributed by atoms with E-state index in [4.69, 9.17) is 14.6 Å². The van der Waals surface area contributed by atoms with Gasteiger partial charge in [0.05, 0.1) is 5.56 Å². The molecule has 0 radical (unpaired) electrons. The SMILES string of the molecule is Cc1cc(OCCOc2cccc(C(=O)O)c2)ccc1C(C)C. The van der Waals surface area contributed by atoms with Crippen LogP contribution >= 0.6 is 0 Å². The number of hydrogen-bond donors (Lipinski definition) is 1. The van der Waals surface area contributed by atoms with E-state index in [9.17, 15) is 4.79 Å². The first-order chi connectivity index (χ1) is 11.0. The van der Waals surface area contributed by atoms with Crippen LogP contribution in [0, 0.1) is 6.92 Å². The first-order valence-electron chi connectivity index (χ1n) is 7.67. The number of carboxylic acid groups (broad SMARTS) is 1. The van der Waals surface area contributed by atoms with E-state index in [1.165, 1.54) is 23.3 Å². The van der Waals surface area contributed by atoms with E-state index >= 15 is 0 Å². The molecule has 0 unspecified atom stereocenters. The highest BCUT2D eigenvalue weighted by Crippen LogP contribution is 2.23. The molecule has 0 atom stereocenters. The number of ether oxygens (including phenoxy) is 2. The van der Waals surface area contributed by atoms with E-state index < -0.39 is 5.97 Å². The summed E-state index contributed by atoms with van der Waals surface area (Å²) in [6.07, 6.45) is 0. The second-order valence-electron chi connectivity index (χ2n) is 5.70. The van der Waals surface area contributed by atoms with Crippen molar-refractivity contribution in [2.45, 2.75) is 26.7 Å². The Kier molecular flexibility index (Phi) is 5.63. The Bertz CT molecular complexity index is 677. The zero-order chi connectivity index (χ0) is 16.8. The van der Waals surface area contributed by atoms with Crippen LogP contribution in [0.3, 0.4) is 0 Å². The Labute approximate surface area is 136 Å². The van der Waals surface area contributed by atoms with E-state index in [0.29, 0.717) is 24.9 Å². The molecule has 0 heterocycles. The Hall–Kier alpha value is -2.49. The molecular formula is C19H22O4. The lowest BCUT2D eigenvalue weighted by Crippen LogP contribution is -2.09. The lowest BCUT2D eigenvalue weighted by molar-refractivity contribution is 0.0696. The summed E-state index contributed by atoms with van der Waals surface area (Å²) in [5, 5.41) is 8.94. The van der Waals surface area contributed by atoms with Gasteiger partial charge in [0.25, 0.3) is 0 Å².